The van der Waals surface area contributed by atoms with E-state index >= 15 is 0 Å². The van der Waals surface area contributed by atoms with Crippen molar-refractivity contribution in [3.8, 4) is 5.75 Å². The molecule has 6 nitrogen and oxygen atoms in total. The maximum Gasteiger partial charge on any atom is 0.339 e. The largest absolute Gasteiger partial charge is 0.483 e. The number of carboxylic acid groups (broad SMARTS) is 1. The number of para-hydroxylation sites is 1. The van der Waals surface area contributed by atoms with Gasteiger partial charge in [-0.15, -0.1) is 0 Å². The smallest absolute Gasteiger partial charge is 0.339 e. The van der Waals surface area contributed by atoms with Crippen LogP contribution in [0.4, 0.5) is 0 Å². The third-order valence-corrected chi connectivity index (χ3v) is 2.78. The minimum absolute atomic E-state index is 0.0465. The van der Waals surface area contributed by atoms with Gasteiger partial charge in [-0.05, 0) is 18.6 Å². The summed E-state index contributed by atoms with van der Waals surface area (Å²) in [7, 11) is 0. The van der Waals surface area contributed by atoms with E-state index in [1.165, 1.54) is 6.07 Å². The Morgan fingerprint density at radius 1 is 1.45 bits per heavy atom. The van der Waals surface area contributed by atoms with Crippen LogP contribution in [0, 0.1) is 6.92 Å². The average Bonchev–Trinajstić information content (AvgIpc) is 2.86. The first-order chi connectivity index (χ1) is 9.49. The van der Waals surface area contributed by atoms with Gasteiger partial charge in [-0.2, -0.15) is 4.98 Å². The highest BCUT2D eigenvalue weighted by Gasteiger charge is 2.15. The van der Waals surface area contributed by atoms with Crippen LogP contribution in [-0.2, 0) is 6.61 Å². The van der Waals surface area contributed by atoms with Gasteiger partial charge in [0.2, 0.25) is 0 Å². The van der Waals surface area contributed by atoms with E-state index in [1.54, 1.807) is 19.1 Å². The number of rotatable bonds is 5. The van der Waals surface area contributed by atoms with Crippen molar-refractivity contribution in [3.63, 3.8) is 0 Å². The standard InChI is InChI=1S/C14H16N2O4/c1-8(2)13-15-11(20-16-13)7-19-12-9(3)5-4-6-10(12)14(17)18/h4-6,8H,7H2,1-3H3,(H,17,18). The highest BCUT2D eigenvalue weighted by Crippen LogP contribution is 2.24. The van der Waals surface area contributed by atoms with Crippen molar-refractivity contribution >= 4 is 5.97 Å². The van der Waals surface area contributed by atoms with Crippen LogP contribution in [0.15, 0.2) is 22.7 Å². The third kappa shape index (κ3) is 2.96. The number of nitrogens with zero attached hydrogens (tertiary/aromatic N) is 2. The minimum atomic E-state index is -1.03. The molecule has 1 heterocycles. The quantitative estimate of drug-likeness (QED) is 0.903. The van der Waals surface area contributed by atoms with Gasteiger partial charge in [0.1, 0.15) is 11.3 Å². The predicted octanol–water partition coefficient (Wildman–Crippen LogP) is 2.78. The number of ether oxygens (including phenoxy) is 1. The summed E-state index contributed by atoms with van der Waals surface area (Å²) >= 11 is 0. The highest BCUT2D eigenvalue weighted by molar-refractivity contribution is 5.91. The molecule has 1 N–H and O–H groups in total. The lowest BCUT2D eigenvalue weighted by molar-refractivity contribution is 0.0690. The third-order valence-electron chi connectivity index (χ3n) is 2.78. The molecule has 0 aliphatic rings. The first-order valence-corrected chi connectivity index (χ1v) is 6.27. The first-order valence-electron chi connectivity index (χ1n) is 6.27. The summed E-state index contributed by atoms with van der Waals surface area (Å²) in [5.74, 6) is 0.391. The lowest BCUT2D eigenvalue weighted by Gasteiger charge is -2.09. The second-order valence-electron chi connectivity index (χ2n) is 4.75. The van der Waals surface area contributed by atoms with E-state index in [0.717, 1.165) is 5.56 Å². The van der Waals surface area contributed by atoms with Gasteiger partial charge in [0.05, 0.1) is 0 Å². The zero-order valence-corrected chi connectivity index (χ0v) is 11.6. The minimum Gasteiger partial charge on any atom is -0.483 e. The lowest BCUT2D eigenvalue weighted by atomic mass is 10.1. The predicted molar refractivity (Wildman–Crippen MR) is 70.9 cm³/mol. The molecule has 20 heavy (non-hydrogen) atoms. The molecule has 0 aliphatic carbocycles. The molecule has 0 aliphatic heterocycles. The Labute approximate surface area is 116 Å². The van der Waals surface area contributed by atoms with Crippen molar-refractivity contribution in [2.45, 2.75) is 33.3 Å². The van der Waals surface area contributed by atoms with E-state index in [0.29, 0.717) is 17.5 Å². The van der Waals surface area contributed by atoms with Crippen LogP contribution in [0.1, 0.15) is 47.4 Å². The summed E-state index contributed by atoms with van der Waals surface area (Å²) < 4.78 is 10.6. The van der Waals surface area contributed by atoms with E-state index in [9.17, 15) is 4.79 Å². The molecular formula is C14H16N2O4. The van der Waals surface area contributed by atoms with E-state index in [1.807, 2.05) is 13.8 Å². The molecule has 6 heteroatoms. The lowest BCUT2D eigenvalue weighted by Crippen LogP contribution is -2.05. The maximum atomic E-state index is 11.1. The summed E-state index contributed by atoms with van der Waals surface area (Å²) in [5, 5.41) is 13.0. The Morgan fingerprint density at radius 3 is 2.80 bits per heavy atom. The molecule has 0 unspecified atom stereocenters. The Hall–Kier alpha value is -2.37. The molecule has 0 spiro atoms. The normalized spacial score (nSPS) is 10.8. The van der Waals surface area contributed by atoms with Gasteiger partial charge in [-0.25, -0.2) is 4.79 Å². The van der Waals surface area contributed by atoms with E-state index in [2.05, 4.69) is 10.1 Å². The van der Waals surface area contributed by atoms with Gasteiger partial charge in [0, 0.05) is 5.92 Å². The summed E-state index contributed by atoms with van der Waals surface area (Å²) in [4.78, 5) is 15.3. The van der Waals surface area contributed by atoms with E-state index in [-0.39, 0.29) is 18.1 Å². The summed E-state index contributed by atoms with van der Waals surface area (Å²) in [6.45, 7) is 5.75. The first kappa shape index (κ1) is 14.0. The number of hydrogen-bond donors (Lipinski definition) is 1. The van der Waals surface area contributed by atoms with Crippen LogP contribution in [0.3, 0.4) is 0 Å². The molecule has 0 amide bonds. The summed E-state index contributed by atoms with van der Waals surface area (Å²) in [5.41, 5.74) is 0.863. The molecule has 2 aromatic rings. The molecule has 2 rings (SSSR count). The number of hydrogen-bond acceptors (Lipinski definition) is 5. The van der Waals surface area contributed by atoms with Gasteiger partial charge in [0.25, 0.3) is 5.89 Å². The summed E-state index contributed by atoms with van der Waals surface area (Å²) in [6, 6.07) is 4.96. The molecule has 0 fully saturated rings. The topological polar surface area (TPSA) is 85.5 Å². The average molecular weight is 276 g/mol. The van der Waals surface area contributed by atoms with Gasteiger partial charge < -0.3 is 14.4 Å². The number of aromatic carboxylic acids is 1. The number of carbonyl (C=O) groups is 1. The van der Waals surface area contributed by atoms with E-state index < -0.39 is 5.97 Å². The van der Waals surface area contributed by atoms with Crippen LogP contribution in [-0.4, -0.2) is 21.2 Å². The van der Waals surface area contributed by atoms with Crippen LogP contribution in [0.5, 0.6) is 5.75 Å². The van der Waals surface area contributed by atoms with Crippen molar-refractivity contribution in [2.75, 3.05) is 0 Å². The van der Waals surface area contributed by atoms with Crippen LogP contribution < -0.4 is 4.74 Å². The van der Waals surface area contributed by atoms with E-state index in [4.69, 9.17) is 14.4 Å². The molecule has 1 aromatic heterocycles. The van der Waals surface area contributed by atoms with Crippen molar-refractivity contribution < 1.29 is 19.2 Å². The van der Waals surface area contributed by atoms with Crippen molar-refractivity contribution in [2.24, 2.45) is 0 Å². The second kappa shape index (κ2) is 5.73. The maximum absolute atomic E-state index is 11.1. The second-order valence-corrected chi connectivity index (χ2v) is 4.75. The zero-order chi connectivity index (χ0) is 14.7. The Balaban J connectivity index is 2.16. The molecule has 106 valence electrons. The van der Waals surface area contributed by atoms with Gasteiger partial charge in [-0.3, -0.25) is 0 Å². The number of aryl methyl sites for hydroxylation is 1. The SMILES string of the molecule is Cc1cccc(C(=O)O)c1OCc1nc(C(C)C)no1. The molecule has 1 aromatic carbocycles. The molecule has 0 saturated heterocycles. The van der Waals surface area contributed by atoms with Crippen molar-refractivity contribution in [1.82, 2.24) is 10.1 Å². The fraction of sp³-hybridized carbons (Fsp3) is 0.357. The molecule has 0 atom stereocenters. The van der Waals surface area contributed by atoms with Crippen molar-refractivity contribution in [3.05, 3.63) is 41.0 Å². The Kier molecular flexibility index (Phi) is 4.02. The number of benzene rings is 1. The Morgan fingerprint density at radius 2 is 2.20 bits per heavy atom. The van der Waals surface area contributed by atoms with Crippen LogP contribution in [0.25, 0.3) is 0 Å². The fourth-order valence-corrected chi connectivity index (χ4v) is 1.71. The van der Waals surface area contributed by atoms with Crippen LogP contribution >= 0.6 is 0 Å². The molecule has 0 radical (unpaired) electrons. The molecular weight excluding hydrogens is 260 g/mol. The molecule has 0 saturated carbocycles. The summed E-state index contributed by atoms with van der Waals surface area (Å²) in [6.07, 6.45) is 0. The number of carboxylic acids is 1. The number of aromatic nitrogens is 2. The molecule has 0 bridgehead atoms. The van der Waals surface area contributed by atoms with Crippen molar-refractivity contribution in [1.29, 1.82) is 0 Å². The van der Waals surface area contributed by atoms with Gasteiger partial charge >= 0.3 is 5.97 Å². The van der Waals surface area contributed by atoms with Gasteiger partial charge in [0.15, 0.2) is 12.4 Å². The Bertz CT molecular complexity index is 619. The zero-order valence-electron chi connectivity index (χ0n) is 11.6. The monoisotopic (exact) mass is 276 g/mol. The van der Waals surface area contributed by atoms with Gasteiger partial charge in [-0.1, -0.05) is 31.1 Å². The highest BCUT2D eigenvalue weighted by atomic mass is 16.5. The fourth-order valence-electron chi connectivity index (χ4n) is 1.71. The van der Waals surface area contributed by atoms with Crippen LogP contribution in [0.2, 0.25) is 0 Å².